The van der Waals surface area contributed by atoms with Gasteiger partial charge in [0.1, 0.15) is 0 Å². The molecule has 0 aliphatic rings. The largest absolute Gasteiger partial charge is 0.380 e. The van der Waals surface area contributed by atoms with Crippen molar-refractivity contribution in [3.63, 3.8) is 0 Å². The molecule has 0 amide bonds. The van der Waals surface area contributed by atoms with Crippen molar-refractivity contribution in [1.29, 1.82) is 0 Å². The van der Waals surface area contributed by atoms with Gasteiger partial charge in [0.15, 0.2) is 0 Å². The first-order chi connectivity index (χ1) is 8.54. The molecule has 0 spiro atoms. The van der Waals surface area contributed by atoms with E-state index in [4.69, 9.17) is 4.74 Å². The van der Waals surface area contributed by atoms with E-state index in [9.17, 15) is 0 Å². The van der Waals surface area contributed by atoms with Crippen LogP contribution < -0.4 is 5.32 Å². The lowest BCUT2D eigenvalue weighted by molar-refractivity contribution is 0.108. The third kappa shape index (κ3) is 5.39. The molecule has 2 nitrogen and oxygen atoms in total. The zero-order valence-electron chi connectivity index (χ0n) is 11.2. The molecule has 0 aromatic heterocycles. The van der Waals surface area contributed by atoms with Crippen LogP contribution in [0.1, 0.15) is 26.3 Å². The van der Waals surface area contributed by atoms with Crippen LogP contribution in [-0.2, 0) is 11.3 Å². The van der Waals surface area contributed by atoms with Gasteiger partial charge in [0.25, 0.3) is 0 Å². The Morgan fingerprint density at radius 1 is 1.22 bits per heavy atom. The van der Waals surface area contributed by atoms with Gasteiger partial charge in [0.05, 0.1) is 6.61 Å². The van der Waals surface area contributed by atoms with E-state index < -0.39 is 0 Å². The summed E-state index contributed by atoms with van der Waals surface area (Å²) in [6.45, 7) is 8.87. The second kappa shape index (κ2) is 8.31. The van der Waals surface area contributed by atoms with E-state index in [2.05, 4.69) is 69.2 Å². The molecule has 0 saturated heterocycles. The van der Waals surface area contributed by atoms with Gasteiger partial charge in [-0.1, -0.05) is 19.9 Å². The lowest BCUT2D eigenvalue weighted by atomic mass is 10.0. The highest BCUT2D eigenvalue weighted by Gasteiger charge is 2.12. The fourth-order valence-corrected chi connectivity index (χ4v) is 2.30. The van der Waals surface area contributed by atoms with E-state index in [1.54, 1.807) is 0 Å². The maximum Gasteiger partial charge on any atom is 0.0622 e. The normalized spacial score (nSPS) is 13.0. The van der Waals surface area contributed by atoms with Gasteiger partial charge in [-0.2, -0.15) is 0 Å². The quantitative estimate of drug-likeness (QED) is 0.760. The lowest BCUT2D eigenvalue weighted by Gasteiger charge is -2.22. The molecule has 0 heterocycles. The van der Waals surface area contributed by atoms with E-state index in [0.717, 1.165) is 28.7 Å². The van der Waals surface area contributed by atoms with E-state index in [-0.39, 0.29) is 0 Å². The fraction of sp³-hybridized carbons (Fsp3) is 0.571. The Balaban J connectivity index is 2.52. The summed E-state index contributed by atoms with van der Waals surface area (Å²) in [7, 11) is 0. The van der Waals surface area contributed by atoms with E-state index >= 15 is 0 Å². The first kappa shape index (κ1) is 16.2. The highest BCUT2D eigenvalue weighted by Crippen LogP contribution is 2.23. The fourth-order valence-electron chi connectivity index (χ4n) is 1.63. The zero-order valence-corrected chi connectivity index (χ0v) is 14.3. The average Bonchev–Trinajstić information content (AvgIpc) is 2.33. The predicted molar refractivity (Wildman–Crippen MR) is 83.8 cm³/mol. The summed E-state index contributed by atoms with van der Waals surface area (Å²) in [4.78, 5) is 0. The number of ether oxygens (including phenoxy) is 1. The number of benzene rings is 1. The van der Waals surface area contributed by atoms with Crippen LogP contribution in [0, 0.1) is 5.92 Å². The minimum atomic E-state index is 0.396. The molecule has 1 atom stereocenters. The number of halogens is 2. The predicted octanol–water partition coefficient (Wildman–Crippen LogP) is 4.36. The topological polar surface area (TPSA) is 21.3 Å². The summed E-state index contributed by atoms with van der Waals surface area (Å²) in [5, 5.41) is 3.56. The molecule has 0 aliphatic carbocycles. The second-order valence-electron chi connectivity index (χ2n) is 4.64. The molecule has 102 valence electrons. The maximum absolute atomic E-state index is 5.51. The molecule has 0 fully saturated rings. The molecular weight excluding hydrogens is 358 g/mol. The summed E-state index contributed by atoms with van der Waals surface area (Å²) in [6, 6.07) is 6.72. The molecule has 1 rings (SSSR count). The number of rotatable bonds is 7. The third-order valence-electron chi connectivity index (χ3n) is 2.86. The minimum absolute atomic E-state index is 0.396. The molecule has 1 unspecified atom stereocenters. The molecule has 0 bridgehead atoms. The van der Waals surface area contributed by atoms with Crippen LogP contribution in [0.2, 0.25) is 0 Å². The molecule has 0 aliphatic heterocycles. The van der Waals surface area contributed by atoms with Crippen molar-refractivity contribution in [2.24, 2.45) is 5.92 Å². The molecule has 1 N–H and O–H groups in total. The van der Waals surface area contributed by atoms with Gasteiger partial charge in [-0.05, 0) is 62.4 Å². The smallest absolute Gasteiger partial charge is 0.0622 e. The zero-order chi connectivity index (χ0) is 13.5. The third-order valence-corrected chi connectivity index (χ3v) is 4.74. The van der Waals surface area contributed by atoms with Crippen molar-refractivity contribution in [1.82, 2.24) is 5.32 Å². The maximum atomic E-state index is 5.51. The van der Waals surface area contributed by atoms with Crippen molar-refractivity contribution in [3.8, 4) is 0 Å². The highest BCUT2D eigenvalue weighted by atomic mass is 79.9. The van der Waals surface area contributed by atoms with Crippen LogP contribution in [0.25, 0.3) is 0 Å². The van der Waals surface area contributed by atoms with Gasteiger partial charge in [0.2, 0.25) is 0 Å². The summed E-state index contributed by atoms with van der Waals surface area (Å²) in [5.41, 5.74) is 1.27. The lowest BCUT2D eigenvalue weighted by Crippen LogP contribution is -2.37. The number of hydrogen-bond donors (Lipinski definition) is 1. The van der Waals surface area contributed by atoms with E-state index in [1.165, 1.54) is 5.56 Å². The Morgan fingerprint density at radius 2 is 1.94 bits per heavy atom. The average molecular weight is 379 g/mol. The Bertz CT molecular complexity index is 369. The summed E-state index contributed by atoms with van der Waals surface area (Å²) in [6.07, 6.45) is 0. The van der Waals surface area contributed by atoms with Gasteiger partial charge >= 0.3 is 0 Å². The van der Waals surface area contributed by atoms with Gasteiger partial charge in [0, 0.05) is 28.1 Å². The number of hydrogen-bond acceptors (Lipinski definition) is 2. The van der Waals surface area contributed by atoms with Crippen LogP contribution in [0.5, 0.6) is 0 Å². The summed E-state index contributed by atoms with van der Waals surface area (Å²) in [5.74, 6) is 0.565. The first-order valence-corrected chi connectivity index (χ1v) is 7.88. The Labute approximate surface area is 127 Å². The van der Waals surface area contributed by atoms with Crippen LogP contribution >= 0.6 is 31.9 Å². The molecule has 0 saturated carbocycles. The van der Waals surface area contributed by atoms with E-state index in [1.807, 2.05) is 6.92 Å². The van der Waals surface area contributed by atoms with Crippen molar-refractivity contribution < 1.29 is 4.74 Å². The first-order valence-electron chi connectivity index (χ1n) is 6.29. The van der Waals surface area contributed by atoms with Crippen LogP contribution in [0.3, 0.4) is 0 Å². The van der Waals surface area contributed by atoms with Crippen molar-refractivity contribution in [2.45, 2.75) is 33.4 Å². The van der Waals surface area contributed by atoms with Gasteiger partial charge < -0.3 is 10.1 Å². The van der Waals surface area contributed by atoms with Gasteiger partial charge in [-0.25, -0.2) is 0 Å². The second-order valence-corrected chi connectivity index (χ2v) is 6.35. The van der Waals surface area contributed by atoms with Crippen LogP contribution in [0.15, 0.2) is 27.1 Å². The molecular formula is C14H21Br2NO. The van der Waals surface area contributed by atoms with Gasteiger partial charge in [-0.3, -0.25) is 0 Å². The minimum Gasteiger partial charge on any atom is -0.380 e. The monoisotopic (exact) mass is 377 g/mol. The van der Waals surface area contributed by atoms with Crippen molar-refractivity contribution >= 4 is 31.9 Å². The van der Waals surface area contributed by atoms with Gasteiger partial charge in [-0.15, -0.1) is 0 Å². The van der Waals surface area contributed by atoms with Crippen LogP contribution in [0.4, 0.5) is 0 Å². The summed E-state index contributed by atoms with van der Waals surface area (Å²) < 4.78 is 7.68. The Kier molecular flexibility index (Phi) is 7.46. The Morgan fingerprint density at radius 3 is 2.50 bits per heavy atom. The SMILES string of the molecule is CCOCC(NCc1ccc(Br)c(Br)c1)C(C)C. The molecule has 1 aromatic rings. The van der Waals surface area contributed by atoms with Crippen molar-refractivity contribution in [3.05, 3.63) is 32.7 Å². The van der Waals surface area contributed by atoms with Crippen LogP contribution in [-0.4, -0.2) is 19.3 Å². The highest BCUT2D eigenvalue weighted by molar-refractivity contribution is 9.13. The summed E-state index contributed by atoms with van der Waals surface area (Å²) >= 11 is 7.00. The van der Waals surface area contributed by atoms with Crippen molar-refractivity contribution in [2.75, 3.05) is 13.2 Å². The standard InChI is InChI=1S/C14H21Br2NO/c1-4-18-9-14(10(2)3)17-8-11-5-6-12(15)13(16)7-11/h5-7,10,14,17H,4,8-9H2,1-3H3. The molecule has 0 radical (unpaired) electrons. The molecule has 1 aromatic carbocycles. The molecule has 18 heavy (non-hydrogen) atoms. The Hall–Kier alpha value is 0.1000. The van der Waals surface area contributed by atoms with E-state index in [0.29, 0.717) is 12.0 Å². The number of nitrogens with one attached hydrogen (secondary N) is 1. The molecule has 4 heteroatoms.